The van der Waals surface area contributed by atoms with Crippen LogP contribution in [0.4, 0.5) is 0 Å². The Kier molecular flexibility index (Phi) is 3.80. The molecular formula is C18H14N4OS. The van der Waals surface area contributed by atoms with E-state index in [1.54, 1.807) is 34.3 Å². The van der Waals surface area contributed by atoms with Crippen LogP contribution in [0.5, 0.6) is 0 Å². The lowest BCUT2D eigenvalue weighted by Gasteiger charge is -2.05. The second-order valence-electron chi connectivity index (χ2n) is 5.24. The normalized spacial score (nSPS) is 10.8. The largest absolute Gasteiger partial charge is 0.346 e. The van der Waals surface area contributed by atoms with E-state index in [0.717, 1.165) is 21.0 Å². The Morgan fingerprint density at radius 2 is 2.00 bits per heavy atom. The predicted molar refractivity (Wildman–Crippen MR) is 93.9 cm³/mol. The van der Waals surface area contributed by atoms with Crippen LogP contribution in [0.3, 0.4) is 0 Å². The highest BCUT2D eigenvalue weighted by atomic mass is 32.1. The molecule has 5 nitrogen and oxygen atoms in total. The summed E-state index contributed by atoms with van der Waals surface area (Å²) in [5.41, 5.74) is 2.37. The van der Waals surface area contributed by atoms with Gasteiger partial charge in [-0.2, -0.15) is 5.10 Å². The fourth-order valence-corrected chi connectivity index (χ4v) is 3.42. The highest BCUT2D eigenvalue weighted by molar-refractivity contribution is 7.15. The van der Waals surface area contributed by atoms with Gasteiger partial charge >= 0.3 is 0 Å². The molecule has 0 radical (unpaired) electrons. The molecular weight excluding hydrogens is 320 g/mol. The van der Waals surface area contributed by atoms with Crippen LogP contribution in [0.2, 0.25) is 0 Å². The summed E-state index contributed by atoms with van der Waals surface area (Å²) in [6.45, 7) is 0.480. The first-order valence-electron chi connectivity index (χ1n) is 7.52. The molecule has 4 aromatic rings. The molecule has 0 spiro atoms. The molecule has 1 N–H and O–H groups in total. The number of carbonyl (C=O) groups is 1. The molecule has 0 unspecified atom stereocenters. The van der Waals surface area contributed by atoms with Gasteiger partial charge in [0.2, 0.25) is 0 Å². The SMILES string of the molecule is O=C(NCc1ccc(-c2ccccn2)s1)c1cccc2ccnn12. The standard InChI is InChI=1S/C18H14N4OS/c23-18(16-6-3-4-13-9-11-21-22(13)16)20-12-14-7-8-17(24-14)15-5-1-2-10-19-15/h1-11H,12H2,(H,20,23). The fourth-order valence-electron chi connectivity index (χ4n) is 2.50. The number of hydrogen-bond donors (Lipinski definition) is 1. The van der Waals surface area contributed by atoms with E-state index in [1.807, 2.05) is 48.5 Å². The van der Waals surface area contributed by atoms with E-state index in [0.29, 0.717) is 12.2 Å². The van der Waals surface area contributed by atoms with Gasteiger partial charge < -0.3 is 5.32 Å². The van der Waals surface area contributed by atoms with Crippen molar-refractivity contribution in [1.29, 1.82) is 0 Å². The average molecular weight is 334 g/mol. The van der Waals surface area contributed by atoms with E-state index < -0.39 is 0 Å². The van der Waals surface area contributed by atoms with Crippen LogP contribution in [-0.2, 0) is 6.54 Å². The van der Waals surface area contributed by atoms with Crippen LogP contribution in [0.1, 0.15) is 15.4 Å². The van der Waals surface area contributed by atoms with Crippen molar-refractivity contribution in [2.45, 2.75) is 6.54 Å². The maximum Gasteiger partial charge on any atom is 0.270 e. The van der Waals surface area contributed by atoms with Crippen molar-refractivity contribution in [2.24, 2.45) is 0 Å². The predicted octanol–water partition coefficient (Wildman–Crippen LogP) is 3.39. The molecule has 0 aliphatic rings. The maximum absolute atomic E-state index is 12.4. The Hall–Kier alpha value is -2.99. The third-order valence-corrected chi connectivity index (χ3v) is 4.76. The average Bonchev–Trinajstić information content (AvgIpc) is 3.29. The zero-order chi connectivity index (χ0) is 16.4. The zero-order valence-electron chi connectivity index (χ0n) is 12.7. The summed E-state index contributed by atoms with van der Waals surface area (Å²) in [5, 5.41) is 7.14. The van der Waals surface area contributed by atoms with Crippen molar-refractivity contribution in [3.05, 3.63) is 77.6 Å². The number of hydrogen-bond acceptors (Lipinski definition) is 4. The molecule has 0 aliphatic heterocycles. The topological polar surface area (TPSA) is 59.3 Å². The molecule has 0 bridgehead atoms. The van der Waals surface area contributed by atoms with Crippen molar-refractivity contribution >= 4 is 22.8 Å². The van der Waals surface area contributed by atoms with Gasteiger partial charge in [0.1, 0.15) is 5.69 Å². The Labute approximate surface area is 142 Å². The van der Waals surface area contributed by atoms with Gasteiger partial charge in [-0.25, -0.2) is 4.52 Å². The van der Waals surface area contributed by atoms with Crippen LogP contribution in [0, 0.1) is 0 Å². The first kappa shape index (κ1) is 14.6. The molecule has 118 valence electrons. The van der Waals surface area contributed by atoms with Crippen molar-refractivity contribution in [3.63, 3.8) is 0 Å². The monoisotopic (exact) mass is 334 g/mol. The number of amides is 1. The van der Waals surface area contributed by atoms with Crippen molar-refractivity contribution in [3.8, 4) is 10.6 Å². The number of nitrogens with one attached hydrogen (secondary N) is 1. The van der Waals surface area contributed by atoms with Crippen LogP contribution >= 0.6 is 11.3 Å². The van der Waals surface area contributed by atoms with E-state index in [2.05, 4.69) is 15.4 Å². The van der Waals surface area contributed by atoms with Gasteiger partial charge in [0.15, 0.2) is 0 Å². The third-order valence-electron chi connectivity index (χ3n) is 3.66. The van der Waals surface area contributed by atoms with Crippen molar-refractivity contribution < 1.29 is 4.79 Å². The van der Waals surface area contributed by atoms with Gasteiger partial charge in [-0.3, -0.25) is 9.78 Å². The summed E-state index contributed by atoms with van der Waals surface area (Å²) in [7, 11) is 0. The van der Waals surface area contributed by atoms with Crippen LogP contribution in [-0.4, -0.2) is 20.5 Å². The minimum atomic E-state index is -0.142. The second kappa shape index (κ2) is 6.25. The Morgan fingerprint density at radius 1 is 1.04 bits per heavy atom. The van der Waals surface area contributed by atoms with Crippen LogP contribution in [0.25, 0.3) is 16.1 Å². The number of rotatable bonds is 4. The van der Waals surface area contributed by atoms with E-state index in [9.17, 15) is 4.79 Å². The molecule has 1 amide bonds. The Morgan fingerprint density at radius 3 is 2.88 bits per heavy atom. The number of nitrogens with zero attached hydrogens (tertiary/aromatic N) is 3. The summed E-state index contributed by atoms with van der Waals surface area (Å²) >= 11 is 1.63. The summed E-state index contributed by atoms with van der Waals surface area (Å²) in [6, 6.07) is 17.3. The number of thiophene rings is 1. The van der Waals surface area contributed by atoms with Crippen LogP contribution < -0.4 is 5.32 Å². The fraction of sp³-hybridized carbons (Fsp3) is 0.0556. The molecule has 0 saturated carbocycles. The lowest BCUT2D eigenvalue weighted by molar-refractivity contribution is 0.0944. The lowest BCUT2D eigenvalue weighted by atomic mass is 10.3. The van der Waals surface area contributed by atoms with Gasteiger partial charge in [0, 0.05) is 11.1 Å². The molecule has 24 heavy (non-hydrogen) atoms. The molecule has 4 heterocycles. The zero-order valence-corrected chi connectivity index (χ0v) is 13.5. The Balaban J connectivity index is 1.48. The number of carbonyl (C=O) groups excluding carboxylic acids is 1. The molecule has 0 aromatic carbocycles. The van der Waals surface area contributed by atoms with Gasteiger partial charge in [-0.15, -0.1) is 11.3 Å². The minimum Gasteiger partial charge on any atom is -0.346 e. The molecule has 4 rings (SSSR count). The molecule has 6 heteroatoms. The summed E-state index contributed by atoms with van der Waals surface area (Å²) < 4.78 is 1.64. The van der Waals surface area contributed by atoms with Crippen molar-refractivity contribution in [1.82, 2.24) is 19.9 Å². The number of pyridine rings is 2. The summed E-state index contributed by atoms with van der Waals surface area (Å²) in [6.07, 6.45) is 3.46. The minimum absolute atomic E-state index is 0.142. The van der Waals surface area contributed by atoms with Gasteiger partial charge in [0.05, 0.1) is 28.8 Å². The molecule has 4 aromatic heterocycles. The molecule has 0 saturated heterocycles. The van der Waals surface area contributed by atoms with Gasteiger partial charge in [0.25, 0.3) is 5.91 Å². The van der Waals surface area contributed by atoms with Crippen molar-refractivity contribution in [2.75, 3.05) is 0 Å². The van der Waals surface area contributed by atoms with Crippen LogP contribution in [0.15, 0.2) is 67.0 Å². The first-order chi connectivity index (χ1) is 11.8. The summed E-state index contributed by atoms with van der Waals surface area (Å²) in [4.78, 5) is 18.9. The maximum atomic E-state index is 12.4. The van der Waals surface area contributed by atoms with E-state index in [4.69, 9.17) is 0 Å². The highest BCUT2D eigenvalue weighted by Gasteiger charge is 2.11. The smallest absolute Gasteiger partial charge is 0.270 e. The second-order valence-corrected chi connectivity index (χ2v) is 6.41. The Bertz CT molecular complexity index is 990. The molecule has 0 fully saturated rings. The third kappa shape index (κ3) is 2.79. The molecule has 0 atom stereocenters. The molecule has 0 aliphatic carbocycles. The number of fused-ring (bicyclic) bond motifs is 1. The highest BCUT2D eigenvalue weighted by Crippen LogP contribution is 2.26. The summed E-state index contributed by atoms with van der Waals surface area (Å²) in [5.74, 6) is -0.142. The van der Waals surface area contributed by atoms with E-state index in [-0.39, 0.29) is 5.91 Å². The quantitative estimate of drug-likeness (QED) is 0.622. The first-order valence-corrected chi connectivity index (χ1v) is 8.34. The number of aromatic nitrogens is 3. The van der Waals surface area contributed by atoms with Gasteiger partial charge in [-0.05, 0) is 42.5 Å². The lowest BCUT2D eigenvalue weighted by Crippen LogP contribution is -2.24. The van der Waals surface area contributed by atoms with Gasteiger partial charge in [-0.1, -0.05) is 12.1 Å². The van der Waals surface area contributed by atoms with E-state index >= 15 is 0 Å². The van der Waals surface area contributed by atoms with E-state index in [1.165, 1.54) is 0 Å².